The first-order chi connectivity index (χ1) is 9.83. The Morgan fingerprint density at radius 1 is 1.20 bits per heavy atom. The summed E-state index contributed by atoms with van der Waals surface area (Å²) in [4.78, 5) is 0. The maximum Gasteiger partial charge on any atom is 0.165 e. The fourth-order valence-corrected chi connectivity index (χ4v) is 2.84. The molecule has 4 nitrogen and oxygen atoms in total. The molecule has 4 heteroatoms. The van der Waals surface area contributed by atoms with Gasteiger partial charge in [0.15, 0.2) is 11.5 Å². The largest absolute Gasteiger partial charge is 0.490 e. The molecule has 0 amide bonds. The minimum atomic E-state index is 0.0586. The van der Waals surface area contributed by atoms with E-state index in [-0.39, 0.29) is 5.60 Å². The van der Waals surface area contributed by atoms with Crippen LogP contribution in [0.1, 0.15) is 31.2 Å². The molecule has 1 aromatic carbocycles. The van der Waals surface area contributed by atoms with Crippen molar-refractivity contribution in [1.29, 1.82) is 0 Å². The number of ether oxygens (including phenoxy) is 3. The van der Waals surface area contributed by atoms with E-state index in [0.717, 1.165) is 62.6 Å². The van der Waals surface area contributed by atoms with E-state index in [0.29, 0.717) is 0 Å². The van der Waals surface area contributed by atoms with E-state index in [1.165, 1.54) is 6.42 Å². The fraction of sp³-hybridized carbons (Fsp3) is 0.625. The van der Waals surface area contributed by atoms with E-state index in [1.54, 1.807) is 0 Å². The standard InChI is InChI=1S/C16H23NO3/c1-18-16(7-3-8-16)12-17-11-13-5-2-6-14-15(13)20-10-4-9-19-14/h2,5-6,17H,3-4,7-12H2,1H3. The Bertz CT molecular complexity index is 452. The lowest BCUT2D eigenvalue weighted by molar-refractivity contribution is -0.0695. The summed E-state index contributed by atoms with van der Waals surface area (Å²) in [7, 11) is 1.81. The van der Waals surface area contributed by atoms with Gasteiger partial charge < -0.3 is 19.5 Å². The summed E-state index contributed by atoms with van der Waals surface area (Å²) in [5.74, 6) is 1.77. The van der Waals surface area contributed by atoms with Crippen LogP contribution in [0, 0.1) is 0 Å². The van der Waals surface area contributed by atoms with Gasteiger partial charge in [-0.1, -0.05) is 12.1 Å². The van der Waals surface area contributed by atoms with Crippen molar-refractivity contribution in [1.82, 2.24) is 5.32 Å². The van der Waals surface area contributed by atoms with Gasteiger partial charge in [0.1, 0.15) is 0 Å². The highest BCUT2D eigenvalue weighted by Gasteiger charge is 2.36. The summed E-state index contributed by atoms with van der Waals surface area (Å²) in [6, 6.07) is 6.10. The monoisotopic (exact) mass is 277 g/mol. The van der Waals surface area contributed by atoms with Crippen molar-refractivity contribution in [3.05, 3.63) is 23.8 Å². The molecular weight excluding hydrogens is 254 g/mol. The third kappa shape index (κ3) is 2.76. The van der Waals surface area contributed by atoms with Crippen LogP contribution in [-0.4, -0.2) is 32.5 Å². The van der Waals surface area contributed by atoms with E-state index in [1.807, 2.05) is 19.2 Å². The topological polar surface area (TPSA) is 39.7 Å². The molecule has 110 valence electrons. The zero-order valence-electron chi connectivity index (χ0n) is 12.1. The molecule has 0 bridgehead atoms. The van der Waals surface area contributed by atoms with E-state index >= 15 is 0 Å². The summed E-state index contributed by atoms with van der Waals surface area (Å²) < 4.78 is 17.2. The van der Waals surface area contributed by atoms with Crippen LogP contribution in [0.4, 0.5) is 0 Å². The number of methoxy groups -OCH3 is 1. The first-order valence-electron chi connectivity index (χ1n) is 7.46. The maximum absolute atomic E-state index is 5.83. The summed E-state index contributed by atoms with van der Waals surface area (Å²) in [5, 5.41) is 3.51. The van der Waals surface area contributed by atoms with Gasteiger partial charge in [-0.25, -0.2) is 0 Å². The average molecular weight is 277 g/mol. The number of benzene rings is 1. The normalized spacial score (nSPS) is 20.1. The van der Waals surface area contributed by atoms with E-state index in [4.69, 9.17) is 14.2 Å². The van der Waals surface area contributed by atoms with Gasteiger partial charge in [-0.05, 0) is 25.3 Å². The van der Waals surface area contributed by atoms with Crippen molar-refractivity contribution in [3.63, 3.8) is 0 Å². The van der Waals surface area contributed by atoms with Gasteiger partial charge in [0.05, 0.1) is 18.8 Å². The molecular formula is C16H23NO3. The highest BCUT2D eigenvalue weighted by Crippen LogP contribution is 2.35. The molecule has 1 N–H and O–H groups in total. The number of hydrogen-bond acceptors (Lipinski definition) is 4. The lowest BCUT2D eigenvalue weighted by Crippen LogP contribution is -2.47. The molecule has 2 aliphatic rings. The van der Waals surface area contributed by atoms with Gasteiger partial charge in [0.2, 0.25) is 0 Å². The molecule has 3 rings (SSSR count). The molecule has 20 heavy (non-hydrogen) atoms. The summed E-state index contributed by atoms with van der Waals surface area (Å²) in [6.07, 6.45) is 4.52. The highest BCUT2D eigenvalue weighted by atomic mass is 16.5. The number of nitrogens with one attached hydrogen (secondary N) is 1. The highest BCUT2D eigenvalue weighted by molar-refractivity contribution is 5.47. The van der Waals surface area contributed by atoms with Crippen molar-refractivity contribution in [2.24, 2.45) is 0 Å². The van der Waals surface area contributed by atoms with Crippen LogP contribution in [0.25, 0.3) is 0 Å². The lowest BCUT2D eigenvalue weighted by Gasteiger charge is -2.40. The first kappa shape index (κ1) is 13.7. The second-order valence-electron chi connectivity index (χ2n) is 5.64. The van der Waals surface area contributed by atoms with Crippen molar-refractivity contribution >= 4 is 0 Å². The maximum atomic E-state index is 5.83. The van der Waals surface area contributed by atoms with Crippen LogP contribution >= 0.6 is 0 Å². The SMILES string of the molecule is COC1(CNCc2cccc3c2OCCCO3)CCC1. The summed E-state index contributed by atoms with van der Waals surface area (Å²) in [5.41, 5.74) is 1.22. The molecule has 0 atom stereocenters. The molecule has 1 fully saturated rings. The second kappa shape index (κ2) is 6.02. The predicted octanol–water partition coefficient (Wildman–Crippen LogP) is 2.51. The average Bonchev–Trinajstić information content (AvgIpc) is 2.67. The molecule has 1 heterocycles. The zero-order valence-corrected chi connectivity index (χ0v) is 12.1. The Morgan fingerprint density at radius 3 is 2.80 bits per heavy atom. The number of fused-ring (bicyclic) bond motifs is 1. The van der Waals surface area contributed by atoms with Crippen molar-refractivity contribution in [2.75, 3.05) is 26.9 Å². The minimum absolute atomic E-state index is 0.0586. The first-order valence-corrected chi connectivity index (χ1v) is 7.46. The van der Waals surface area contributed by atoms with Gasteiger partial charge >= 0.3 is 0 Å². The fourth-order valence-electron chi connectivity index (χ4n) is 2.84. The molecule has 0 radical (unpaired) electrons. The minimum Gasteiger partial charge on any atom is -0.490 e. The number of hydrogen-bond donors (Lipinski definition) is 1. The molecule has 1 aliphatic heterocycles. The second-order valence-corrected chi connectivity index (χ2v) is 5.64. The lowest BCUT2D eigenvalue weighted by atomic mass is 9.80. The van der Waals surface area contributed by atoms with Crippen LogP contribution in [0.15, 0.2) is 18.2 Å². The zero-order chi connectivity index (χ0) is 13.8. The summed E-state index contributed by atoms with van der Waals surface area (Å²) in [6.45, 7) is 3.15. The van der Waals surface area contributed by atoms with Crippen LogP contribution in [0.2, 0.25) is 0 Å². The van der Waals surface area contributed by atoms with Crippen molar-refractivity contribution < 1.29 is 14.2 Å². The quantitative estimate of drug-likeness (QED) is 0.897. The Labute approximate surface area is 120 Å². The van der Waals surface area contributed by atoms with Crippen LogP contribution in [0.5, 0.6) is 11.5 Å². The Kier molecular flexibility index (Phi) is 4.13. The van der Waals surface area contributed by atoms with Crippen molar-refractivity contribution in [2.45, 2.75) is 37.8 Å². The Morgan fingerprint density at radius 2 is 2.05 bits per heavy atom. The smallest absolute Gasteiger partial charge is 0.165 e. The predicted molar refractivity (Wildman–Crippen MR) is 77.3 cm³/mol. The molecule has 1 saturated carbocycles. The van der Waals surface area contributed by atoms with E-state index < -0.39 is 0 Å². The van der Waals surface area contributed by atoms with Gasteiger partial charge in [-0.15, -0.1) is 0 Å². The van der Waals surface area contributed by atoms with Gasteiger partial charge in [0, 0.05) is 32.2 Å². The number of para-hydroxylation sites is 1. The molecule has 1 aliphatic carbocycles. The van der Waals surface area contributed by atoms with Gasteiger partial charge in [-0.3, -0.25) is 0 Å². The van der Waals surface area contributed by atoms with Crippen LogP contribution in [-0.2, 0) is 11.3 Å². The number of rotatable bonds is 5. The molecule has 0 aromatic heterocycles. The van der Waals surface area contributed by atoms with Gasteiger partial charge in [-0.2, -0.15) is 0 Å². The summed E-state index contributed by atoms with van der Waals surface area (Å²) >= 11 is 0. The third-order valence-corrected chi connectivity index (χ3v) is 4.31. The Hall–Kier alpha value is -1.26. The Balaban J connectivity index is 1.62. The van der Waals surface area contributed by atoms with Gasteiger partial charge in [0.25, 0.3) is 0 Å². The van der Waals surface area contributed by atoms with E-state index in [2.05, 4.69) is 11.4 Å². The molecule has 1 aromatic rings. The molecule has 0 saturated heterocycles. The van der Waals surface area contributed by atoms with Crippen LogP contribution < -0.4 is 14.8 Å². The molecule has 0 spiro atoms. The van der Waals surface area contributed by atoms with Crippen LogP contribution in [0.3, 0.4) is 0 Å². The third-order valence-electron chi connectivity index (χ3n) is 4.31. The molecule has 0 unspecified atom stereocenters. The van der Waals surface area contributed by atoms with E-state index in [9.17, 15) is 0 Å². The van der Waals surface area contributed by atoms with Crippen molar-refractivity contribution in [3.8, 4) is 11.5 Å².